The Morgan fingerprint density at radius 1 is 0.970 bits per heavy atom. The first-order valence-corrected chi connectivity index (χ1v) is 11.1. The molecule has 1 fully saturated rings. The highest BCUT2D eigenvalue weighted by Crippen LogP contribution is 2.35. The van der Waals surface area contributed by atoms with Gasteiger partial charge >= 0.3 is 17.9 Å². The maximum atomic E-state index is 11.8. The number of carbonyl (C=O) groups is 3. The van der Waals surface area contributed by atoms with Crippen LogP contribution >= 0.6 is 11.8 Å². The van der Waals surface area contributed by atoms with Gasteiger partial charge in [-0.3, -0.25) is 14.4 Å². The zero-order valence-electron chi connectivity index (χ0n) is 18.2. The molecular weight excluding hydrogens is 448 g/mol. The molecule has 33 heavy (non-hydrogen) atoms. The number of hydrogen-bond donors (Lipinski definition) is 0. The van der Waals surface area contributed by atoms with Crippen LogP contribution in [0.25, 0.3) is 11.1 Å². The van der Waals surface area contributed by atoms with Crippen LogP contribution in [0.15, 0.2) is 42.6 Å². The first-order chi connectivity index (χ1) is 15.8. The Hall–Kier alpha value is -3.58. The molecule has 2 aromatic rings. The van der Waals surface area contributed by atoms with E-state index in [-0.39, 0.29) is 5.75 Å². The smallest absolute Gasteiger partial charge is 0.303 e. The molecule has 0 aliphatic carbocycles. The van der Waals surface area contributed by atoms with Crippen molar-refractivity contribution in [2.75, 3.05) is 5.75 Å². The van der Waals surface area contributed by atoms with E-state index in [1.807, 2.05) is 12.1 Å². The van der Waals surface area contributed by atoms with Crippen LogP contribution in [0, 0.1) is 11.3 Å². The lowest BCUT2D eigenvalue weighted by Gasteiger charge is -2.39. The normalized spacial score (nSPS) is 21.9. The van der Waals surface area contributed by atoms with E-state index in [0.29, 0.717) is 11.4 Å². The molecule has 0 amide bonds. The Morgan fingerprint density at radius 2 is 1.67 bits per heavy atom. The van der Waals surface area contributed by atoms with Crippen molar-refractivity contribution in [3.05, 3.63) is 48.3 Å². The molecule has 0 saturated carbocycles. The van der Waals surface area contributed by atoms with Gasteiger partial charge in [0.15, 0.2) is 23.7 Å². The van der Waals surface area contributed by atoms with Gasteiger partial charge in [-0.05, 0) is 29.8 Å². The summed E-state index contributed by atoms with van der Waals surface area (Å²) >= 11 is 1.28. The Labute approximate surface area is 195 Å². The Bertz CT molecular complexity index is 1070. The van der Waals surface area contributed by atoms with Gasteiger partial charge in [-0.25, -0.2) is 4.98 Å². The first kappa shape index (κ1) is 24.1. The summed E-state index contributed by atoms with van der Waals surface area (Å²) in [4.78, 5) is 39.1. The monoisotopic (exact) mass is 470 g/mol. The van der Waals surface area contributed by atoms with E-state index in [1.54, 1.807) is 36.5 Å². The SMILES string of the molecule is CC(=O)O[C@@H]1[C@@H](OC(C)=O)[C@H](OC(C)=O)CS[C@H]1Oc1cccc(-c2ccc(C#N)nc2)c1. The highest BCUT2D eigenvalue weighted by atomic mass is 32.2. The Kier molecular flexibility index (Phi) is 7.90. The molecule has 1 saturated heterocycles. The molecule has 0 bridgehead atoms. The third-order valence-electron chi connectivity index (χ3n) is 4.60. The summed E-state index contributed by atoms with van der Waals surface area (Å²) in [5.41, 5.74) is 1.19. The van der Waals surface area contributed by atoms with E-state index >= 15 is 0 Å². The molecule has 172 valence electrons. The van der Waals surface area contributed by atoms with Gasteiger partial charge in [-0.2, -0.15) is 5.26 Å². The number of aromatic nitrogens is 1. The predicted octanol–water partition coefficient (Wildman–Crippen LogP) is 2.87. The Morgan fingerprint density at radius 3 is 2.27 bits per heavy atom. The van der Waals surface area contributed by atoms with Crippen LogP contribution in [0.1, 0.15) is 26.5 Å². The third-order valence-corrected chi connectivity index (χ3v) is 5.82. The summed E-state index contributed by atoms with van der Waals surface area (Å²) in [6.45, 7) is 3.71. The highest BCUT2D eigenvalue weighted by molar-refractivity contribution is 7.99. The van der Waals surface area contributed by atoms with Crippen LogP contribution in [0.3, 0.4) is 0 Å². The van der Waals surface area contributed by atoms with Crippen LogP contribution < -0.4 is 4.74 Å². The van der Waals surface area contributed by atoms with Crippen molar-refractivity contribution in [3.63, 3.8) is 0 Å². The second kappa shape index (κ2) is 10.8. The predicted molar refractivity (Wildman–Crippen MR) is 118 cm³/mol. The molecule has 4 atom stereocenters. The minimum absolute atomic E-state index is 0.277. The second-order valence-electron chi connectivity index (χ2n) is 7.19. The number of nitriles is 1. The molecule has 10 heteroatoms. The fourth-order valence-corrected chi connectivity index (χ4v) is 4.54. The van der Waals surface area contributed by atoms with Crippen molar-refractivity contribution in [1.29, 1.82) is 5.26 Å². The lowest BCUT2D eigenvalue weighted by Crippen LogP contribution is -2.55. The summed E-state index contributed by atoms with van der Waals surface area (Å²) in [7, 11) is 0. The number of ether oxygens (including phenoxy) is 4. The topological polar surface area (TPSA) is 125 Å². The number of thioether (sulfide) groups is 1. The maximum Gasteiger partial charge on any atom is 0.303 e. The minimum Gasteiger partial charge on any atom is -0.476 e. The lowest BCUT2D eigenvalue weighted by atomic mass is 10.1. The largest absolute Gasteiger partial charge is 0.476 e. The summed E-state index contributed by atoms with van der Waals surface area (Å²) in [5.74, 6) is -0.969. The van der Waals surface area contributed by atoms with Crippen molar-refractivity contribution in [2.45, 2.75) is 44.5 Å². The molecular formula is C23H22N2O7S. The average Bonchev–Trinajstić information content (AvgIpc) is 2.77. The maximum absolute atomic E-state index is 11.8. The molecule has 0 radical (unpaired) electrons. The van der Waals surface area contributed by atoms with Gasteiger partial charge in [0.25, 0.3) is 0 Å². The summed E-state index contributed by atoms with van der Waals surface area (Å²) in [6.07, 6.45) is -1.23. The zero-order valence-corrected chi connectivity index (χ0v) is 19.0. The van der Waals surface area contributed by atoms with Crippen LogP contribution in [-0.4, -0.2) is 52.4 Å². The minimum atomic E-state index is -1.02. The molecule has 1 aliphatic rings. The van der Waals surface area contributed by atoms with E-state index in [1.165, 1.54) is 32.5 Å². The van der Waals surface area contributed by atoms with Crippen LogP contribution in [0.5, 0.6) is 5.75 Å². The molecule has 9 nitrogen and oxygen atoms in total. The van der Waals surface area contributed by atoms with Gasteiger partial charge in [0.1, 0.15) is 17.5 Å². The van der Waals surface area contributed by atoms with Crippen LogP contribution in [0.4, 0.5) is 0 Å². The number of rotatable bonds is 6. The molecule has 0 N–H and O–H groups in total. The van der Waals surface area contributed by atoms with E-state index < -0.39 is 41.7 Å². The van der Waals surface area contributed by atoms with Gasteiger partial charge in [0, 0.05) is 38.3 Å². The summed E-state index contributed by atoms with van der Waals surface area (Å²) < 4.78 is 22.2. The van der Waals surface area contributed by atoms with E-state index in [2.05, 4.69) is 4.98 Å². The number of pyridine rings is 1. The van der Waals surface area contributed by atoms with Crippen molar-refractivity contribution < 1.29 is 33.3 Å². The summed E-state index contributed by atoms with van der Waals surface area (Å²) in [6, 6.07) is 12.6. The number of hydrogen-bond acceptors (Lipinski definition) is 10. The molecule has 0 spiro atoms. The van der Waals surface area contributed by atoms with E-state index in [0.717, 1.165) is 11.1 Å². The van der Waals surface area contributed by atoms with E-state index in [9.17, 15) is 14.4 Å². The highest BCUT2D eigenvalue weighted by Gasteiger charge is 2.47. The fourth-order valence-electron chi connectivity index (χ4n) is 3.32. The number of carbonyl (C=O) groups excluding carboxylic acids is 3. The molecule has 2 heterocycles. The van der Waals surface area contributed by atoms with Gasteiger partial charge in [0.05, 0.1) is 0 Å². The molecule has 0 unspecified atom stereocenters. The standard InChI is InChI=1S/C23H22N2O7S/c1-13(26)29-20-12-33-23(22(31-15(3)28)21(20)30-14(2)27)32-19-6-4-5-16(9-19)17-7-8-18(10-24)25-11-17/h4-9,11,20-23H,12H2,1-3H3/t20-,21+,22-,23-/m1/s1. The van der Waals surface area contributed by atoms with Crippen molar-refractivity contribution in [1.82, 2.24) is 4.98 Å². The van der Waals surface area contributed by atoms with Gasteiger partial charge in [-0.15, -0.1) is 11.8 Å². The van der Waals surface area contributed by atoms with E-state index in [4.69, 9.17) is 24.2 Å². The van der Waals surface area contributed by atoms with Crippen LogP contribution in [-0.2, 0) is 28.6 Å². The number of benzene rings is 1. The molecule has 3 rings (SSSR count). The van der Waals surface area contributed by atoms with Crippen molar-refractivity contribution in [3.8, 4) is 22.9 Å². The lowest BCUT2D eigenvalue weighted by molar-refractivity contribution is -0.186. The fraction of sp³-hybridized carbons (Fsp3) is 0.348. The van der Waals surface area contributed by atoms with Crippen molar-refractivity contribution >= 4 is 29.7 Å². The zero-order chi connectivity index (χ0) is 24.0. The number of nitrogens with zero attached hydrogens (tertiary/aromatic N) is 2. The molecule has 1 aliphatic heterocycles. The molecule has 1 aromatic heterocycles. The van der Waals surface area contributed by atoms with Gasteiger partial charge in [-0.1, -0.05) is 12.1 Å². The molecule has 1 aromatic carbocycles. The average molecular weight is 471 g/mol. The van der Waals surface area contributed by atoms with Gasteiger partial charge in [0.2, 0.25) is 0 Å². The second-order valence-corrected chi connectivity index (χ2v) is 8.32. The first-order valence-electron chi connectivity index (χ1n) is 10.0. The van der Waals surface area contributed by atoms with Crippen LogP contribution in [0.2, 0.25) is 0 Å². The number of esters is 3. The van der Waals surface area contributed by atoms with Crippen molar-refractivity contribution in [2.24, 2.45) is 0 Å². The quantitative estimate of drug-likeness (QED) is 0.459. The van der Waals surface area contributed by atoms with Gasteiger partial charge < -0.3 is 18.9 Å². The third kappa shape index (κ3) is 6.46. The summed E-state index contributed by atoms with van der Waals surface area (Å²) in [5, 5.41) is 8.93. The Balaban J connectivity index is 1.86.